The van der Waals surface area contributed by atoms with E-state index in [1.165, 1.54) is 45.2 Å². The molecule has 13 N–H and O–H groups in total. The van der Waals surface area contributed by atoms with Gasteiger partial charge in [-0.15, -0.1) is 0 Å². The number of nitrogens with two attached hydrogens (primary N) is 2. The molecule has 0 aromatic heterocycles. The van der Waals surface area contributed by atoms with Crippen molar-refractivity contribution in [2.24, 2.45) is 23.3 Å². The molecule has 370 valence electrons. The molecule has 0 aliphatic carbocycles. The summed E-state index contributed by atoms with van der Waals surface area (Å²) < 4.78 is 5.39. The SMILES string of the molecule is C/C=C1/NC(=O)[C@H](O)C(CCC(C)C)NC(=O)[C@H](CC(N)=O)NC(=O)[C@H](Cc2ccc(O)cc2)NC(=O)[C@@H]2C[C@H](C)CN2C(=O)[C@H]([C@@H](C)OC)NC(=O)C([C@H](O)C(N)=O)NC(=O)CN(C)C1=O. The summed E-state index contributed by atoms with van der Waals surface area (Å²) in [6.45, 7) is 7.25. The molecule has 2 unspecified atom stereocenters. The Morgan fingerprint density at radius 2 is 1.48 bits per heavy atom. The highest BCUT2D eigenvalue weighted by Crippen LogP contribution is 2.25. The Bertz CT molecular complexity index is 2050. The van der Waals surface area contributed by atoms with Gasteiger partial charge in [0.1, 0.15) is 41.7 Å². The fraction of sp³-hybridized carbons (Fsp3) is 0.581. The molecule has 2 heterocycles. The minimum absolute atomic E-state index is 0.0183. The van der Waals surface area contributed by atoms with Crippen molar-refractivity contribution >= 4 is 59.1 Å². The summed E-state index contributed by atoms with van der Waals surface area (Å²) in [4.78, 5) is 138. The monoisotopic (exact) mass is 944 g/mol. The van der Waals surface area contributed by atoms with Crippen LogP contribution in [0.2, 0.25) is 0 Å². The van der Waals surface area contributed by atoms with Crippen LogP contribution in [0.5, 0.6) is 5.75 Å². The summed E-state index contributed by atoms with van der Waals surface area (Å²) in [6.07, 6.45) is -5.11. The average Bonchev–Trinajstić information content (AvgIpc) is 3.67. The lowest BCUT2D eigenvalue weighted by molar-refractivity contribution is -0.146. The van der Waals surface area contributed by atoms with Crippen LogP contribution in [0, 0.1) is 11.8 Å². The van der Waals surface area contributed by atoms with Gasteiger partial charge in [0.15, 0.2) is 12.2 Å². The van der Waals surface area contributed by atoms with Gasteiger partial charge in [0.2, 0.25) is 47.3 Å². The number of rotatable bonds is 11. The molecular formula is C43H64N10O14. The maximum atomic E-state index is 14.4. The van der Waals surface area contributed by atoms with Gasteiger partial charge in [-0.1, -0.05) is 39.0 Å². The molecule has 2 fully saturated rings. The summed E-state index contributed by atoms with van der Waals surface area (Å²) in [6, 6.07) is -4.15. The maximum Gasteiger partial charge on any atom is 0.270 e. The molecule has 0 radical (unpaired) electrons. The topological polar surface area (TPSA) is 371 Å². The first-order valence-electron chi connectivity index (χ1n) is 21.7. The van der Waals surface area contributed by atoms with E-state index in [9.17, 15) is 63.3 Å². The predicted molar refractivity (Wildman–Crippen MR) is 236 cm³/mol. The second kappa shape index (κ2) is 24.7. The van der Waals surface area contributed by atoms with Gasteiger partial charge in [0, 0.05) is 27.1 Å². The molecule has 3 rings (SSSR count). The van der Waals surface area contributed by atoms with Crippen molar-refractivity contribution in [3.05, 3.63) is 41.6 Å². The second-order valence-electron chi connectivity index (χ2n) is 17.2. The lowest BCUT2D eigenvalue weighted by Gasteiger charge is -2.33. The van der Waals surface area contributed by atoms with Crippen LogP contribution in [0.25, 0.3) is 0 Å². The minimum Gasteiger partial charge on any atom is -0.508 e. The van der Waals surface area contributed by atoms with Gasteiger partial charge in [-0.2, -0.15) is 0 Å². The third kappa shape index (κ3) is 15.5. The van der Waals surface area contributed by atoms with E-state index >= 15 is 0 Å². The Hall–Kier alpha value is -6.66. The summed E-state index contributed by atoms with van der Waals surface area (Å²) >= 11 is 0. The largest absolute Gasteiger partial charge is 0.508 e. The Labute approximate surface area is 387 Å². The number of nitrogens with one attached hydrogen (secondary N) is 6. The first-order chi connectivity index (χ1) is 31.4. The zero-order valence-corrected chi connectivity index (χ0v) is 38.6. The number of aliphatic hydroxyl groups excluding tert-OH is 2. The van der Waals surface area contributed by atoms with Crippen molar-refractivity contribution in [2.75, 3.05) is 27.2 Å². The molecule has 1 aromatic rings. The number of hydrogen-bond donors (Lipinski definition) is 11. The Balaban J connectivity index is 2.21. The molecule has 67 heavy (non-hydrogen) atoms. The van der Waals surface area contributed by atoms with E-state index in [4.69, 9.17) is 16.2 Å². The van der Waals surface area contributed by atoms with Gasteiger partial charge in [0.25, 0.3) is 11.8 Å². The van der Waals surface area contributed by atoms with Crippen molar-refractivity contribution < 1.29 is 68.0 Å². The van der Waals surface area contributed by atoms with E-state index in [1.54, 1.807) is 6.92 Å². The number of phenols is 1. The number of allylic oxidation sites excluding steroid dienone is 1. The lowest BCUT2D eigenvalue weighted by Crippen LogP contribution is -2.64. The highest BCUT2D eigenvalue weighted by molar-refractivity contribution is 6.02. The molecular weight excluding hydrogens is 881 g/mol. The van der Waals surface area contributed by atoms with E-state index in [-0.39, 0.29) is 43.4 Å². The fourth-order valence-corrected chi connectivity index (χ4v) is 7.41. The molecule has 0 bridgehead atoms. The summed E-state index contributed by atoms with van der Waals surface area (Å²) in [5.41, 5.74) is 10.8. The number of phenolic OH excluding ortho intramolecular Hbond substituents is 1. The van der Waals surface area contributed by atoms with Crippen LogP contribution in [0.3, 0.4) is 0 Å². The number of carbonyl (C=O) groups is 10. The number of nitrogens with zero attached hydrogens (tertiary/aromatic N) is 2. The van der Waals surface area contributed by atoms with Crippen LogP contribution in [0.15, 0.2) is 36.0 Å². The Morgan fingerprint density at radius 3 is 2.04 bits per heavy atom. The molecule has 2 saturated heterocycles. The highest BCUT2D eigenvalue weighted by Gasteiger charge is 2.45. The van der Waals surface area contributed by atoms with Crippen LogP contribution in [-0.2, 0) is 59.1 Å². The molecule has 2 aliphatic rings. The summed E-state index contributed by atoms with van der Waals surface area (Å²) in [5.74, 6) is -11.3. The minimum atomic E-state index is -2.37. The number of hydrogen-bond acceptors (Lipinski definition) is 14. The van der Waals surface area contributed by atoms with E-state index in [0.717, 1.165) is 22.9 Å². The Kier molecular flexibility index (Phi) is 20.2. The lowest BCUT2D eigenvalue weighted by atomic mass is 9.98. The third-order valence-corrected chi connectivity index (χ3v) is 11.3. The highest BCUT2D eigenvalue weighted by atomic mass is 16.5. The van der Waals surface area contributed by atoms with Gasteiger partial charge in [-0.05, 0) is 62.6 Å². The first kappa shape index (κ1) is 54.7. The fourth-order valence-electron chi connectivity index (χ4n) is 7.41. The van der Waals surface area contributed by atoms with Gasteiger partial charge >= 0.3 is 0 Å². The molecule has 10 atom stereocenters. The zero-order chi connectivity index (χ0) is 50.4. The van der Waals surface area contributed by atoms with Crippen molar-refractivity contribution in [2.45, 2.75) is 121 Å². The van der Waals surface area contributed by atoms with E-state index < -0.39 is 132 Å². The van der Waals surface area contributed by atoms with Crippen LogP contribution >= 0.6 is 0 Å². The van der Waals surface area contributed by atoms with Crippen molar-refractivity contribution in [1.29, 1.82) is 0 Å². The van der Waals surface area contributed by atoms with Crippen LogP contribution in [0.1, 0.15) is 65.9 Å². The summed E-state index contributed by atoms with van der Waals surface area (Å²) in [5, 5.41) is 46.4. The van der Waals surface area contributed by atoms with Crippen molar-refractivity contribution in [1.82, 2.24) is 41.7 Å². The second-order valence-corrected chi connectivity index (χ2v) is 17.2. The molecule has 1 aromatic carbocycles. The first-order valence-corrected chi connectivity index (χ1v) is 21.7. The maximum absolute atomic E-state index is 14.4. The van der Waals surface area contributed by atoms with E-state index in [0.29, 0.717) is 12.0 Å². The average molecular weight is 945 g/mol. The van der Waals surface area contributed by atoms with E-state index in [2.05, 4.69) is 31.9 Å². The molecule has 0 saturated carbocycles. The van der Waals surface area contributed by atoms with Crippen LogP contribution in [-0.4, -0.2) is 166 Å². The number of primary amides is 2. The van der Waals surface area contributed by atoms with Gasteiger partial charge in [-0.25, -0.2) is 0 Å². The molecule has 2 aliphatic heterocycles. The number of fused-ring (bicyclic) bond motifs is 1. The number of amides is 10. The van der Waals surface area contributed by atoms with Gasteiger partial charge < -0.3 is 73.2 Å². The Morgan fingerprint density at radius 1 is 0.866 bits per heavy atom. The number of methoxy groups -OCH3 is 1. The molecule has 0 spiro atoms. The number of aromatic hydroxyl groups is 1. The van der Waals surface area contributed by atoms with Crippen LogP contribution in [0.4, 0.5) is 0 Å². The summed E-state index contributed by atoms with van der Waals surface area (Å²) in [7, 11) is 2.35. The van der Waals surface area contributed by atoms with Crippen LogP contribution < -0.4 is 43.4 Å². The predicted octanol–water partition coefficient (Wildman–Crippen LogP) is -4.36. The normalized spacial score (nSPS) is 27.3. The van der Waals surface area contributed by atoms with Gasteiger partial charge in [-0.3, -0.25) is 47.9 Å². The number of carbonyl (C=O) groups excluding carboxylic acids is 10. The van der Waals surface area contributed by atoms with Crippen molar-refractivity contribution in [3.8, 4) is 5.75 Å². The third-order valence-electron chi connectivity index (χ3n) is 11.3. The van der Waals surface area contributed by atoms with Gasteiger partial charge in [0.05, 0.1) is 25.1 Å². The molecule has 24 heteroatoms. The van der Waals surface area contributed by atoms with E-state index in [1.807, 2.05) is 13.8 Å². The van der Waals surface area contributed by atoms with Crippen molar-refractivity contribution in [3.63, 3.8) is 0 Å². The quantitative estimate of drug-likeness (QED) is 0.0935. The molecule has 10 amide bonds. The standard InChI is InChI=1S/C43H64N10O14/c1-8-25-42(65)52(6)19-31(56)50-33(35(58)36(45)59)40(63)51-32(22(5)67-7)43(66)53-18-21(4)15-29(53)39(62)49-27(16-23-10-12-24(54)13-11-23)37(60)48-28(17-30(44)55)38(61)47-26(14-9-20(2)3)34(57)41(64)46-25/h8,10-13,20-22,26-29,32-35,54,57-58H,9,14-19H2,1-7H3,(H2,44,55)(H2,45,59)(H,46,64)(H,47,61)(H,48,60)(H,49,62)(H,50,56)(H,51,63)/b25-8+/t21-,22+,26?,27-,28-,29-,32-,33?,34+,35-/m0/s1. The number of benzene rings is 1. The number of ether oxygens (including phenoxy) is 1. The smallest absolute Gasteiger partial charge is 0.270 e. The zero-order valence-electron chi connectivity index (χ0n) is 38.6. The number of likely N-dealkylation sites (N-methyl/N-ethyl adjacent to an activating group) is 1. The number of aliphatic hydroxyl groups is 2. The molecule has 24 nitrogen and oxygen atoms in total.